The van der Waals surface area contributed by atoms with Gasteiger partial charge < -0.3 is 9.52 Å². The van der Waals surface area contributed by atoms with E-state index in [2.05, 4.69) is 0 Å². The molecule has 2 aromatic rings. The van der Waals surface area contributed by atoms with E-state index >= 15 is 0 Å². The molecule has 1 aliphatic heterocycles. The summed E-state index contributed by atoms with van der Waals surface area (Å²) in [4.78, 5) is 16.2. The van der Waals surface area contributed by atoms with E-state index in [4.69, 9.17) is 21.7 Å². The summed E-state index contributed by atoms with van der Waals surface area (Å²) in [5, 5.41) is 9.14. The van der Waals surface area contributed by atoms with Crippen molar-refractivity contribution >= 4 is 40.3 Å². The predicted octanol–water partition coefficient (Wildman–Crippen LogP) is 7.70. The number of carbonyl (C=O) groups is 1. The van der Waals surface area contributed by atoms with Gasteiger partial charge in [-0.3, -0.25) is 9.69 Å². The fraction of sp³-hybridized carbons (Fsp3) is 0.533. The average molecular weight is 576 g/mol. The van der Waals surface area contributed by atoms with Crippen molar-refractivity contribution in [1.82, 2.24) is 4.90 Å². The van der Waals surface area contributed by atoms with Gasteiger partial charge in [0.05, 0.1) is 10.5 Å². The zero-order valence-corrected chi connectivity index (χ0v) is 23.2. The van der Waals surface area contributed by atoms with Gasteiger partial charge in [-0.2, -0.15) is 13.2 Å². The number of thioether (sulfide) groups is 1. The van der Waals surface area contributed by atoms with Crippen molar-refractivity contribution in [2.75, 3.05) is 6.61 Å². The number of benzene rings is 1. The van der Waals surface area contributed by atoms with Gasteiger partial charge in [-0.25, -0.2) is 0 Å². The van der Waals surface area contributed by atoms with Gasteiger partial charge in [0.2, 0.25) is 0 Å². The van der Waals surface area contributed by atoms with Crippen molar-refractivity contribution in [3.63, 3.8) is 0 Å². The Kier molecular flexibility index (Phi) is 7.44. The number of hydrogen-bond donors (Lipinski definition) is 1. The Morgan fingerprint density at radius 3 is 2.31 bits per heavy atom. The van der Waals surface area contributed by atoms with E-state index < -0.39 is 11.7 Å². The molecule has 0 spiro atoms. The first-order chi connectivity index (χ1) is 18.7. The van der Waals surface area contributed by atoms with Crippen LogP contribution in [0, 0.1) is 23.7 Å². The van der Waals surface area contributed by atoms with E-state index in [1.807, 2.05) is 11.0 Å². The first kappa shape index (κ1) is 27.1. The van der Waals surface area contributed by atoms with Gasteiger partial charge in [0.15, 0.2) is 0 Å². The van der Waals surface area contributed by atoms with Crippen LogP contribution in [0.3, 0.4) is 0 Å². The Hall–Kier alpha value is -2.10. The largest absolute Gasteiger partial charge is 0.456 e. The quantitative estimate of drug-likeness (QED) is 0.199. The average Bonchev–Trinajstić information content (AvgIpc) is 3.41. The number of hydrogen-bond acceptors (Lipinski definition) is 5. The summed E-state index contributed by atoms with van der Waals surface area (Å²) in [5.41, 5.74) is 0.721. The maximum Gasteiger partial charge on any atom is 0.416 e. The van der Waals surface area contributed by atoms with Crippen molar-refractivity contribution in [2.24, 2.45) is 23.7 Å². The molecule has 0 atom stereocenters. The number of aliphatic hydroxyl groups excluding tert-OH is 1. The molecule has 1 saturated heterocycles. The number of amides is 1. The van der Waals surface area contributed by atoms with Crippen LogP contribution < -0.4 is 0 Å². The summed E-state index contributed by atoms with van der Waals surface area (Å²) in [6, 6.07) is 6.96. The summed E-state index contributed by atoms with van der Waals surface area (Å²) in [7, 11) is 0. The number of aliphatic hydroxyl groups is 1. The lowest BCUT2D eigenvalue weighted by Gasteiger charge is -2.56. The topological polar surface area (TPSA) is 53.7 Å². The zero-order chi connectivity index (χ0) is 27.3. The lowest BCUT2D eigenvalue weighted by Crippen LogP contribution is -2.57. The van der Waals surface area contributed by atoms with Gasteiger partial charge in [0.25, 0.3) is 5.91 Å². The van der Waals surface area contributed by atoms with E-state index in [1.165, 1.54) is 56.0 Å². The Labute approximate surface area is 236 Å². The van der Waals surface area contributed by atoms with Crippen LogP contribution in [0.1, 0.15) is 68.3 Å². The number of aryl methyl sites for hydroxylation is 1. The third-order valence-corrected chi connectivity index (χ3v) is 10.3. The normalized spacial score (nSPS) is 29.3. The number of unbranched alkanes of at least 4 members (excludes halogenated alkanes) is 2. The van der Waals surface area contributed by atoms with Crippen molar-refractivity contribution in [2.45, 2.75) is 70.0 Å². The molecule has 1 amide bonds. The SMILES string of the molecule is O=C1C(=Cc2oc(-c3ccc(C(F)(F)F)cc3)cc2CCCCCO)SC(=S)N1C1C2CC3CC(C2)CC1C3. The van der Waals surface area contributed by atoms with Crippen molar-refractivity contribution < 1.29 is 27.5 Å². The van der Waals surface area contributed by atoms with Gasteiger partial charge in [-0.1, -0.05) is 42.5 Å². The zero-order valence-electron chi connectivity index (χ0n) is 21.6. The molecule has 4 nitrogen and oxygen atoms in total. The molecule has 2 heterocycles. The number of furan rings is 1. The molecular weight excluding hydrogens is 543 g/mol. The molecule has 4 saturated carbocycles. The Morgan fingerprint density at radius 1 is 1.03 bits per heavy atom. The number of nitrogens with zero attached hydrogens (tertiary/aromatic N) is 1. The van der Waals surface area contributed by atoms with E-state index in [-0.39, 0.29) is 18.6 Å². The van der Waals surface area contributed by atoms with Crippen LogP contribution in [0.4, 0.5) is 13.2 Å². The van der Waals surface area contributed by atoms with Gasteiger partial charge in [-0.05, 0) is 98.8 Å². The minimum Gasteiger partial charge on any atom is -0.456 e. The molecule has 7 rings (SSSR count). The van der Waals surface area contributed by atoms with Gasteiger partial charge >= 0.3 is 6.18 Å². The highest BCUT2D eigenvalue weighted by Gasteiger charge is 2.53. The molecule has 0 radical (unpaired) electrons. The second kappa shape index (κ2) is 10.7. The lowest BCUT2D eigenvalue weighted by molar-refractivity contribution is -0.137. The standard InChI is InChI=1S/C30H32F3NO3S2/c31-30(32,33)23-7-5-19(6-8-23)24-15-20(4-2-1-3-9-35)25(37-24)16-26-28(36)34(29(38)39-26)27-21-11-17-10-18(13-21)14-22(27)12-17/h5-8,15-18,21-22,27,35H,1-4,9-14H2. The fourth-order valence-electron chi connectivity index (χ4n) is 7.50. The molecule has 5 fully saturated rings. The summed E-state index contributed by atoms with van der Waals surface area (Å²) >= 11 is 7.07. The third-order valence-electron chi connectivity index (χ3n) is 9.00. The summed E-state index contributed by atoms with van der Waals surface area (Å²) in [6.07, 6.45) is 6.52. The lowest BCUT2D eigenvalue weighted by atomic mass is 9.54. The van der Waals surface area contributed by atoms with E-state index in [9.17, 15) is 18.0 Å². The number of thiocarbonyl (C=S) groups is 1. The van der Waals surface area contributed by atoms with Crippen molar-refractivity contribution in [3.8, 4) is 11.3 Å². The molecule has 5 aliphatic rings. The highest BCUT2D eigenvalue weighted by molar-refractivity contribution is 8.26. The maximum atomic E-state index is 13.7. The second-order valence-corrected chi connectivity index (χ2v) is 13.3. The smallest absolute Gasteiger partial charge is 0.416 e. The number of carbonyl (C=O) groups excluding carboxylic acids is 1. The Morgan fingerprint density at radius 2 is 1.69 bits per heavy atom. The van der Waals surface area contributed by atoms with Crippen molar-refractivity contribution in [1.29, 1.82) is 0 Å². The van der Waals surface area contributed by atoms with Gasteiger partial charge in [-0.15, -0.1) is 0 Å². The second-order valence-electron chi connectivity index (χ2n) is 11.6. The summed E-state index contributed by atoms with van der Waals surface area (Å²) in [6.45, 7) is 0.127. The number of halogens is 3. The predicted molar refractivity (Wildman–Crippen MR) is 150 cm³/mol. The fourth-order valence-corrected chi connectivity index (χ4v) is 8.82. The van der Waals surface area contributed by atoms with E-state index in [1.54, 1.807) is 6.08 Å². The van der Waals surface area contributed by atoms with Crippen LogP contribution in [0.5, 0.6) is 0 Å². The molecule has 39 heavy (non-hydrogen) atoms. The highest BCUT2D eigenvalue weighted by atomic mass is 32.2. The van der Waals surface area contributed by atoms with Crippen LogP contribution in [0.15, 0.2) is 39.7 Å². The highest BCUT2D eigenvalue weighted by Crippen LogP contribution is 2.56. The van der Waals surface area contributed by atoms with Crippen LogP contribution in [0.25, 0.3) is 17.4 Å². The molecule has 4 aliphatic carbocycles. The van der Waals surface area contributed by atoms with E-state index in [0.29, 0.717) is 51.0 Å². The molecule has 1 N–H and O–H groups in total. The monoisotopic (exact) mass is 575 g/mol. The third kappa shape index (κ3) is 5.34. The first-order valence-electron chi connectivity index (χ1n) is 13.9. The Balaban J connectivity index is 1.27. The molecule has 0 unspecified atom stereocenters. The molecule has 1 aromatic heterocycles. The van der Waals surface area contributed by atoms with Crippen LogP contribution in [0.2, 0.25) is 0 Å². The molecule has 9 heteroatoms. The minimum absolute atomic E-state index is 0.0545. The van der Waals surface area contributed by atoms with Crippen LogP contribution >= 0.6 is 24.0 Å². The van der Waals surface area contributed by atoms with Gasteiger partial charge in [0, 0.05) is 24.3 Å². The minimum atomic E-state index is -4.41. The number of alkyl halides is 3. The summed E-state index contributed by atoms with van der Waals surface area (Å²) < 4.78 is 45.9. The number of rotatable bonds is 8. The summed E-state index contributed by atoms with van der Waals surface area (Å²) in [5.74, 6) is 3.61. The molecular formula is C30H32F3NO3S2. The maximum absolute atomic E-state index is 13.7. The first-order valence-corrected chi connectivity index (χ1v) is 15.1. The molecule has 1 aromatic carbocycles. The van der Waals surface area contributed by atoms with Gasteiger partial charge in [0.1, 0.15) is 15.8 Å². The molecule has 208 valence electrons. The Bertz CT molecular complexity index is 1260. The van der Waals surface area contributed by atoms with Crippen molar-refractivity contribution in [3.05, 3.63) is 52.1 Å². The van der Waals surface area contributed by atoms with Crippen LogP contribution in [-0.4, -0.2) is 32.9 Å². The van der Waals surface area contributed by atoms with Crippen LogP contribution in [-0.2, 0) is 17.4 Å². The molecule has 4 bridgehead atoms. The van der Waals surface area contributed by atoms with E-state index in [0.717, 1.165) is 42.4 Å².